The number of hydrogen-bond acceptors (Lipinski definition) is 3. The summed E-state index contributed by atoms with van der Waals surface area (Å²) < 4.78 is 1.89. The molecule has 0 amide bonds. The second kappa shape index (κ2) is 4.22. The van der Waals surface area contributed by atoms with Crippen molar-refractivity contribution in [3.63, 3.8) is 0 Å². The molecule has 0 aliphatic heterocycles. The molecule has 0 aliphatic rings. The lowest BCUT2D eigenvalue weighted by atomic mass is 9.94. The molecule has 2 unspecified atom stereocenters. The predicted octanol–water partition coefficient (Wildman–Crippen LogP) is 1.88. The second-order valence-electron chi connectivity index (χ2n) is 4.36. The summed E-state index contributed by atoms with van der Waals surface area (Å²) >= 11 is 0. The van der Waals surface area contributed by atoms with Crippen LogP contribution in [-0.4, -0.2) is 20.6 Å². The van der Waals surface area contributed by atoms with Gasteiger partial charge in [-0.05, 0) is 38.0 Å². The number of rotatable bonds is 3. The number of aryl methyl sites for hydroxylation is 1. The Kier molecular flexibility index (Phi) is 2.92. The van der Waals surface area contributed by atoms with Crippen LogP contribution < -0.4 is 5.73 Å². The van der Waals surface area contributed by atoms with E-state index >= 15 is 0 Å². The van der Waals surface area contributed by atoms with Crippen LogP contribution in [0.2, 0.25) is 0 Å². The van der Waals surface area contributed by atoms with Crippen LogP contribution in [-0.2, 0) is 0 Å². The fourth-order valence-corrected chi connectivity index (χ4v) is 2.20. The van der Waals surface area contributed by atoms with Crippen LogP contribution in [0.25, 0.3) is 5.65 Å². The minimum atomic E-state index is 0.124. The third-order valence-corrected chi connectivity index (χ3v) is 3.01. The average Bonchev–Trinajstić information content (AvgIpc) is 2.65. The Balaban J connectivity index is 2.61. The predicted molar refractivity (Wildman–Crippen MR) is 64.4 cm³/mol. The zero-order valence-electron chi connectivity index (χ0n) is 10.0. The van der Waals surface area contributed by atoms with Gasteiger partial charge in [0.1, 0.15) is 6.33 Å². The number of pyridine rings is 1. The van der Waals surface area contributed by atoms with Gasteiger partial charge in [0, 0.05) is 17.7 Å². The van der Waals surface area contributed by atoms with Crippen molar-refractivity contribution < 1.29 is 0 Å². The number of fused-ring (bicyclic) bond motifs is 1. The van der Waals surface area contributed by atoms with Crippen LogP contribution in [0.1, 0.15) is 37.4 Å². The van der Waals surface area contributed by atoms with E-state index < -0.39 is 0 Å². The van der Waals surface area contributed by atoms with E-state index in [1.54, 1.807) is 6.33 Å². The zero-order chi connectivity index (χ0) is 11.7. The Morgan fingerprint density at radius 3 is 2.81 bits per heavy atom. The van der Waals surface area contributed by atoms with Gasteiger partial charge in [0.05, 0.1) is 0 Å². The highest BCUT2D eigenvalue weighted by atomic mass is 15.3. The van der Waals surface area contributed by atoms with Gasteiger partial charge >= 0.3 is 0 Å². The Bertz CT molecular complexity index is 487. The Morgan fingerprint density at radius 1 is 1.44 bits per heavy atom. The number of hydrogen-bond donors (Lipinski definition) is 1. The lowest BCUT2D eigenvalue weighted by molar-refractivity contribution is 0.527. The van der Waals surface area contributed by atoms with Crippen molar-refractivity contribution in [3.8, 4) is 0 Å². The molecule has 86 valence electrons. The lowest BCUT2D eigenvalue weighted by Crippen LogP contribution is -2.26. The first-order valence-electron chi connectivity index (χ1n) is 5.69. The third kappa shape index (κ3) is 1.80. The van der Waals surface area contributed by atoms with Gasteiger partial charge < -0.3 is 5.73 Å². The van der Waals surface area contributed by atoms with E-state index in [1.165, 1.54) is 5.56 Å². The molecule has 0 spiro atoms. The quantitative estimate of drug-likeness (QED) is 0.855. The monoisotopic (exact) mass is 218 g/mol. The Labute approximate surface area is 95.5 Å². The molecule has 0 radical (unpaired) electrons. The molecule has 2 N–H and O–H groups in total. The van der Waals surface area contributed by atoms with Crippen LogP contribution >= 0.6 is 0 Å². The van der Waals surface area contributed by atoms with Crippen LogP contribution in [0.15, 0.2) is 18.5 Å². The van der Waals surface area contributed by atoms with Crippen molar-refractivity contribution in [2.75, 3.05) is 0 Å². The van der Waals surface area contributed by atoms with Gasteiger partial charge in [-0.2, -0.15) is 5.10 Å². The van der Waals surface area contributed by atoms with Crippen LogP contribution in [0.5, 0.6) is 0 Å². The molecule has 4 nitrogen and oxygen atoms in total. The van der Waals surface area contributed by atoms with E-state index in [1.807, 2.05) is 17.5 Å². The van der Waals surface area contributed by atoms with Crippen molar-refractivity contribution >= 4 is 5.65 Å². The van der Waals surface area contributed by atoms with Gasteiger partial charge in [-0.15, -0.1) is 0 Å². The molecule has 0 aliphatic carbocycles. The van der Waals surface area contributed by atoms with Crippen LogP contribution in [0.4, 0.5) is 0 Å². The summed E-state index contributed by atoms with van der Waals surface area (Å²) in [6.07, 6.45) is 2.60. The van der Waals surface area contributed by atoms with Gasteiger partial charge in [0.15, 0.2) is 5.65 Å². The van der Waals surface area contributed by atoms with Crippen LogP contribution in [0, 0.1) is 6.92 Å². The topological polar surface area (TPSA) is 56.2 Å². The summed E-state index contributed by atoms with van der Waals surface area (Å²) in [6, 6.07) is 4.31. The largest absolute Gasteiger partial charge is 0.327 e. The van der Waals surface area contributed by atoms with Gasteiger partial charge in [-0.25, -0.2) is 9.50 Å². The fraction of sp³-hybridized carbons (Fsp3) is 0.500. The van der Waals surface area contributed by atoms with Crippen molar-refractivity contribution in [3.05, 3.63) is 29.7 Å². The van der Waals surface area contributed by atoms with Crippen molar-refractivity contribution in [1.29, 1.82) is 0 Å². The molecular weight excluding hydrogens is 200 g/mol. The highest BCUT2D eigenvalue weighted by molar-refractivity contribution is 5.42. The van der Waals surface area contributed by atoms with Gasteiger partial charge in [-0.3, -0.25) is 0 Å². The second-order valence-corrected chi connectivity index (χ2v) is 4.36. The van der Waals surface area contributed by atoms with E-state index in [-0.39, 0.29) is 6.04 Å². The summed E-state index contributed by atoms with van der Waals surface area (Å²) in [5.41, 5.74) is 9.29. The maximum Gasteiger partial charge on any atom is 0.155 e. The minimum Gasteiger partial charge on any atom is -0.327 e. The molecule has 2 heterocycles. The number of nitrogens with two attached hydrogens (primary N) is 1. The van der Waals surface area contributed by atoms with Gasteiger partial charge in [-0.1, -0.05) is 6.92 Å². The third-order valence-electron chi connectivity index (χ3n) is 3.01. The first kappa shape index (κ1) is 11.1. The van der Waals surface area contributed by atoms with Crippen molar-refractivity contribution in [1.82, 2.24) is 14.6 Å². The SMILES string of the molecule is CCC(c1cc(C)cc2ncnn12)C(C)N. The first-order chi connectivity index (χ1) is 7.63. The summed E-state index contributed by atoms with van der Waals surface area (Å²) in [5, 5.41) is 4.26. The summed E-state index contributed by atoms with van der Waals surface area (Å²) in [4.78, 5) is 4.23. The van der Waals surface area contributed by atoms with Crippen molar-refractivity contribution in [2.45, 2.75) is 39.2 Å². The number of nitrogens with zero attached hydrogens (tertiary/aromatic N) is 3. The molecule has 0 fully saturated rings. The maximum absolute atomic E-state index is 6.03. The van der Waals surface area contributed by atoms with E-state index in [2.05, 4.69) is 30.0 Å². The molecule has 2 aromatic heterocycles. The molecule has 0 saturated heterocycles. The molecule has 2 rings (SSSR count). The summed E-state index contributed by atoms with van der Waals surface area (Å²) in [6.45, 7) is 6.27. The van der Waals surface area contributed by atoms with E-state index in [0.29, 0.717) is 5.92 Å². The molecule has 0 aromatic carbocycles. The summed E-state index contributed by atoms with van der Waals surface area (Å²) in [7, 11) is 0. The lowest BCUT2D eigenvalue weighted by Gasteiger charge is -2.20. The zero-order valence-corrected chi connectivity index (χ0v) is 10.0. The minimum absolute atomic E-state index is 0.124. The van der Waals surface area contributed by atoms with Gasteiger partial charge in [0.25, 0.3) is 0 Å². The van der Waals surface area contributed by atoms with Gasteiger partial charge in [0.2, 0.25) is 0 Å². The van der Waals surface area contributed by atoms with Crippen molar-refractivity contribution in [2.24, 2.45) is 5.73 Å². The van der Waals surface area contributed by atoms with Crippen LogP contribution in [0.3, 0.4) is 0 Å². The molecule has 0 saturated carbocycles. The number of aromatic nitrogens is 3. The molecule has 2 atom stereocenters. The maximum atomic E-state index is 6.03. The van der Waals surface area contributed by atoms with E-state index in [9.17, 15) is 0 Å². The van der Waals surface area contributed by atoms with E-state index in [0.717, 1.165) is 17.8 Å². The molecular formula is C12H18N4. The normalized spacial score (nSPS) is 15.2. The smallest absolute Gasteiger partial charge is 0.155 e. The fourth-order valence-electron chi connectivity index (χ4n) is 2.20. The Hall–Kier alpha value is -1.42. The summed E-state index contributed by atoms with van der Waals surface area (Å²) in [5.74, 6) is 0.323. The Morgan fingerprint density at radius 2 is 2.19 bits per heavy atom. The average molecular weight is 218 g/mol. The first-order valence-corrected chi connectivity index (χ1v) is 5.69. The molecule has 16 heavy (non-hydrogen) atoms. The highest BCUT2D eigenvalue weighted by Gasteiger charge is 2.18. The molecule has 2 aromatic rings. The molecule has 0 bridgehead atoms. The molecule has 4 heteroatoms. The van der Waals surface area contributed by atoms with E-state index in [4.69, 9.17) is 5.73 Å². The highest BCUT2D eigenvalue weighted by Crippen LogP contribution is 2.23. The standard InChI is InChI=1S/C12H18N4/c1-4-10(9(3)13)11-5-8(2)6-12-14-7-15-16(11)12/h5-7,9-10H,4,13H2,1-3H3.